The van der Waals surface area contributed by atoms with Crippen LogP contribution in [-0.4, -0.2) is 28.9 Å². The average molecular weight is 264 g/mol. The second-order valence-corrected chi connectivity index (χ2v) is 3.65. The summed E-state index contributed by atoms with van der Waals surface area (Å²) in [5, 5.41) is 21.8. The first-order valence-corrected chi connectivity index (χ1v) is 4.96. The molecule has 0 amide bonds. The van der Waals surface area contributed by atoms with Crippen LogP contribution in [0.25, 0.3) is 0 Å². The van der Waals surface area contributed by atoms with Crippen molar-refractivity contribution in [2.24, 2.45) is 0 Å². The van der Waals surface area contributed by atoms with Crippen LogP contribution in [-0.2, 0) is 0 Å². The largest absolute Gasteiger partial charge is 0.416 e. The first-order chi connectivity index (χ1) is 8.23. The Morgan fingerprint density at radius 2 is 2.11 bits per heavy atom. The molecule has 0 aliphatic carbocycles. The quantitative estimate of drug-likeness (QED) is 0.646. The fourth-order valence-electron chi connectivity index (χ4n) is 1.34. The lowest BCUT2D eigenvalue weighted by atomic mass is 10.1. The molecule has 0 fully saturated rings. The predicted molar refractivity (Wildman–Crippen MR) is 58.4 cm³/mol. The van der Waals surface area contributed by atoms with Crippen molar-refractivity contribution in [2.75, 3.05) is 11.9 Å². The summed E-state index contributed by atoms with van der Waals surface area (Å²) in [6.07, 6.45) is -7.24. The molecule has 2 N–H and O–H groups in total. The number of hydrogen-bond acceptors (Lipinski definition) is 4. The third-order valence-electron chi connectivity index (χ3n) is 2.37. The summed E-state index contributed by atoms with van der Waals surface area (Å²) in [7, 11) is 0. The maximum Gasteiger partial charge on any atom is 0.416 e. The fraction of sp³-hybridized carbons (Fsp3) is 0.400. The molecule has 100 valence electrons. The molecule has 0 saturated heterocycles. The Bertz CT molecular complexity index is 448. The second-order valence-electron chi connectivity index (χ2n) is 3.65. The third-order valence-corrected chi connectivity index (χ3v) is 2.37. The molecule has 0 saturated carbocycles. The maximum atomic E-state index is 12.1. The smallest absolute Gasteiger partial charge is 0.382 e. The number of nitrogens with zero attached hydrogens (tertiary/aromatic N) is 1. The van der Waals surface area contributed by atoms with Gasteiger partial charge in [0.05, 0.1) is 4.92 Å². The first kappa shape index (κ1) is 14.2. The number of nitro groups is 1. The second kappa shape index (κ2) is 5.21. The summed E-state index contributed by atoms with van der Waals surface area (Å²) >= 11 is 0. The highest BCUT2D eigenvalue weighted by Gasteiger charge is 2.37. The first-order valence-electron chi connectivity index (χ1n) is 4.96. The summed E-state index contributed by atoms with van der Waals surface area (Å²) in [6, 6.07) is 4.01. The Kier molecular flexibility index (Phi) is 4.12. The number of nitrogens with one attached hydrogen (secondary N) is 1. The lowest BCUT2D eigenvalue weighted by Gasteiger charge is -2.16. The molecule has 8 heteroatoms. The normalized spacial score (nSPS) is 13.2. The highest BCUT2D eigenvalue weighted by molar-refractivity contribution is 5.59. The molecule has 0 radical (unpaired) electrons. The number of benzene rings is 1. The summed E-state index contributed by atoms with van der Waals surface area (Å²) < 4.78 is 36.2. The van der Waals surface area contributed by atoms with E-state index in [1.807, 2.05) is 0 Å². The van der Waals surface area contributed by atoms with E-state index in [0.29, 0.717) is 0 Å². The van der Waals surface area contributed by atoms with Crippen molar-refractivity contribution in [1.82, 2.24) is 0 Å². The minimum Gasteiger partial charge on any atom is -0.382 e. The molecule has 1 atom stereocenters. The van der Waals surface area contributed by atoms with Gasteiger partial charge in [0.15, 0.2) is 6.10 Å². The molecule has 1 aromatic carbocycles. The van der Waals surface area contributed by atoms with Crippen LogP contribution in [0.15, 0.2) is 18.2 Å². The number of alkyl halides is 3. The monoisotopic (exact) mass is 264 g/mol. The molecule has 0 aliphatic heterocycles. The van der Waals surface area contributed by atoms with E-state index >= 15 is 0 Å². The van der Waals surface area contributed by atoms with E-state index in [1.54, 1.807) is 0 Å². The number of anilines is 1. The molecule has 0 bridgehead atoms. The van der Waals surface area contributed by atoms with Gasteiger partial charge in [0.25, 0.3) is 5.69 Å². The Balaban J connectivity index is 2.81. The predicted octanol–water partition coefficient (Wildman–Crippen LogP) is 2.24. The van der Waals surface area contributed by atoms with Gasteiger partial charge in [-0.05, 0) is 13.0 Å². The Hall–Kier alpha value is -1.83. The van der Waals surface area contributed by atoms with Gasteiger partial charge in [-0.25, -0.2) is 0 Å². The Labute approximate surface area is 100 Å². The van der Waals surface area contributed by atoms with E-state index in [1.165, 1.54) is 25.1 Å². The lowest BCUT2D eigenvalue weighted by Crippen LogP contribution is -2.35. The molecule has 0 spiro atoms. The van der Waals surface area contributed by atoms with E-state index < -0.39 is 23.7 Å². The van der Waals surface area contributed by atoms with Crippen LogP contribution < -0.4 is 5.32 Å². The zero-order valence-electron chi connectivity index (χ0n) is 9.36. The summed E-state index contributed by atoms with van der Waals surface area (Å²) in [5.41, 5.74) is 0.214. The lowest BCUT2D eigenvalue weighted by molar-refractivity contribution is -0.385. The highest BCUT2D eigenvalue weighted by atomic mass is 19.4. The molecule has 1 unspecified atom stereocenters. The van der Waals surface area contributed by atoms with Gasteiger partial charge in [-0.2, -0.15) is 13.2 Å². The number of halogens is 3. The topological polar surface area (TPSA) is 75.4 Å². The van der Waals surface area contributed by atoms with E-state index in [4.69, 9.17) is 5.11 Å². The third kappa shape index (κ3) is 3.33. The van der Waals surface area contributed by atoms with Crippen molar-refractivity contribution in [2.45, 2.75) is 19.2 Å². The van der Waals surface area contributed by atoms with E-state index in [0.717, 1.165) is 0 Å². The van der Waals surface area contributed by atoms with E-state index in [2.05, 4.69) is 5.32 Å². The van der Waals surface area contributed by atoms with Crippen molar-refractivity contribution in [1.29, 1.82) is 0 Å². The molecule has 18 heavy (non-hydrogen) atoms. The van der Waals surface area contributed by atoms with Gasteiger partial charge in [-0.1, -0.05) is 6.07 Å². The molecular formula is C10H11F3N2O3. The summed E-state index contributed by atoms with van der Waals surface area (Å²) in [4.78, 5) is 10.00. The summed E-state index contributed by atoms with van der Waals surface area (Å²) in [6.45, 7) is 0.659. The Morgan fingerprint density at radius 3 is 2.61 bits per heavy atom. The number of rotatable bonds is 4. The standard InChI is InChI=1S/C10H11F3N2O3/c1-6-7(3-2-4-8(6)15(17)18)14-5-9(16)10(11,12)13/h2-4,9,14,16H,5H2,1H3. The van der Waals surface area contributed by atoms with Crippen molar-refractivity contribution < 1.29 is 23.2 Å². The van der Waals surface area contributed by atoms with Crippen molar-refractivity contribution in [3.8, 4) is 0 Å². The SMILES string of the molecule is Cc1c(NCC(O)C(F)(F)F)cccc1[N+](=O)[O-]. The van der Waals surface area contributed by atoms with Crippen LogP contribution in [0.3, 0.4) is 0 Å². The fourth-order valence-corrected chi connectivity index (χ4v) is 1.34. The molecule has 1 aromatic rings. The molecular weight excluding hydrogens is 253 g/mol. The van der Waals surface area contributed by atoms with E-state index in [-0.39, 0.29) is 16.9 Å². The number of hydrogen-bond donors (Lipinski definition) is 2. The van der Waals surface area contributed by atoms with Gasteiger partial charge in [-0.15, -0.1) is 0 Å². The van der Waals surface area contributed by atoms with Crippen molar-refractivity contribution >= 4 is 11.4 Å². The highest BCUT2D eigenvalue weighted by Crippen LogP contribution is 2.26. The maximum absolute atomic E-state index is 12.1. The number of aliphatic hydroxyl groups is 1. The van der Waals surface area contributed by atoms with Crippen LogP contribution >= 0.6 is 0 Å². The molecule has 0 aromatic heterocycles. The number of aliphatic hydroxyl groups excluding tert-OH is 1. The van der Waals surface area contributed by atoms with Gasteiger partial charge in [0.1, 0.15) is 0 Å². The van der Waals surface area contributed by atoms with Crippen LogP contribution in [0.2, 0.25) is 0 Å². The zero-order valence-corrected chi connectivity index (χ0v) is 9.36. The van der Waals surface area contributed by atoms with Crippen LogP contribution in [0, 0.1) is 17.0 Å². The van der Waals surface area contributed by atoms with Gasteiger partial charge in [-0.3, -0.25) is 10.1 Å². The van der Waals surface area contributed by atoms with Crippen molar-refractivity contribution in [3.05, 3.63) is 33.9 Å². The van der Waals surface area contributed by atoms with Crippen LogP contribution in [0.1, 0.15) is 5.56 Å². The van der Waals surface area contributed by atoms with Gasteiger partial charge >= 0.3 is 6.18 Å². The van der Waals surface area contributed by atoms with Gasteiger partial charge in [0.2, 0.25) is 0 Å². The van der Waals surface area contributed by atoms with Gasteiger partial charge in [0, 0.05) is 23.9 Å². The number of nitro benzene ring substituents is 1. The zero-order chi connectivity index (χ0) is 13.9. The van der Waals surface area contributed by atoms with Crippen LogP contribution in [0.5, 0.6) is 0 Å². The summed E-state index contributed by atoms with van der Waals surface area (Å²) in [5.74, 6) is 0. The van der Waals surface area contributed by atoms with E-state index in [9.17, 15) is 23.3 Å². The van der Waals surface area contributed by atoms with Crippen LogP contribution in [0.4, 0.5) is 24.5 Å². The van der Waals surface area contributed by atoms with Gasteiger partial charge < -0.3 is 10.4 Å². The molecule has 0 aliphatic rings. The minimum absolute atomic E-state index is 0.188. The minimum atomic E-state index is -4.72. The average Bonchev–Trinajstić information content (AvgIpc) is 2.25. The molecule has 0 heterocycles. The van der Waals surface area contributed by atoms with Crippen molar-refractivity contribution in [3.63, 3.8) is 0 Å². The molecule has 5 nitrogen and oxygen atoms in total. The molecule has 1 rings (SSSR count). The Morgan fingerprint density at radius 1 is 1.50 bits per heavy atom.